The van der Waals surface area contributed by atoms with Gasteiger partial charge in [-0.2, -0.15) is 0 Å². The molecule has 21 heavy (non-hydrogen) atoms. The minimum atomic E-state index is -0.106. The second-order valence-corrected chi connectivity index (χ2v) is 6.92. The normalized spacial score (nSPS) is 22.1. The molecule has 2 aliphatic rings. The first-order valence-corrected chi connectivity index (χ1v) is 8.41. The first-order chi connectivity index (χ1) is 10.2. The predicted octanol–water partition coefficient (Wildman–Crippen LogP) is 2.93. The second-order valence-electron chi connectivity index (χ2n) is 6.92. The van der Waals surface area contributed by atoms with E-state index < -0.39 is 0 Å². The summed E-state index contributed by atoms with van der Waals surface area (Å²) in [6.07, 6.45) is 6.51. The van der Waals surface area contributed by atoms with E-state index in [4.69, 9.17) is 0 Å². The van der Waals surface area contributed by atoms with Gasteiger partial charge in [0.2, 0.25) is 0 Å². The van der Waals surface area contributed by atoms with Crippen molar-refractivity contribution in [3.8, 4) is 0 Å². The second kappa shape index (κ2) is 6.37. The maximum Gasteiger partial charge on any atom is 0.0613 e. The summed E-state index contributed by atoms with van der Waals surface area (Å²) >= 11 is 0. The van der Waals surface area contributed by atoms with Gasteiger partial charge in [-0.05, 0) is 62.6 Å². The Morgan fingerprint density at radius 3 is 2.38 bits per heavy atom. The third kappa shape index (κ3) is 3.58. The van der Waals surface area contributed by atoms with Crippen molar-refractivity contribution < 1.29 is 5.11 Å². The van der Waals surface area contributed by atoms with Crippen molar-refractivity contribution in [3.63, 3.8) is 0 Å². The van der Waals surface area contributed by atoms with E-state index in [1.807, 2.05) is 0 Å². The number of aliphatic hydroxyl groups excluding tert-OH is 1. The number of nitrogens with one attached hydrogen (secondary N) is 1. The number of nitrogens with zero attached hydrogens (tertiary/aromatic N) is 1. The van der Waals surface area contributed by atoms with Crippen LogP contribution >= 0.6 is 0 Å². The lowest BCUT2D eigenvalue weighted by molar-refractivity contribution is 0.153. The molecule has 0 amide bonds. The molecular formula is C18H28N2O. The Kier molecular flexibility index (Phi) is 4.51. The lowest BCUT2D eigenvalue weighted by atomic mass is 9.96. The van der Waals surface area contributed by atoms with Crippen LogP contribution in [0.4, 0.5) is 5.69 Å². The number of benzene rings is 1. The maximum atomic E-state index is 9.62. The van der Waals surface area contributed by atoms with Crippen LogP contribution in [0.2, 0.25) is 0 Å². The zero-order chi connectivity index (χ0) is 14.7. The van der Waals surface area contributed by atoms with Crippen LogP contribution in [0.3, 0.4) is 0 Å². The zero-order valence-electron chi connectivity index (χ0n) is 13.1. The van der Waals surface area contributed by atoms with Crippen LogP contribution in [0.25, 0.3) is 0 Å². The van der Waals surface area contributed by atoms with Crippen LogP contribution in [0.1, 0.15) is 44.6 Å². The van der Waals surface area contributed by atoms with Crippen LogP contribution < -0.4 is 10.2 Å². The van der Waals surface area contributed by atoms with E-state index in [0.29, 0.717) is 5.92 Å². The van der Waals surface area contributed by atoms with Gasteiger partial charge in [-0.1, -0.05) is 12.1 Å². The molecule has 1 aliphatic carbocycles. The minimum absolute atomic E-state index is 0.106. The summed E-state index contributed by atoms with van der Waals surface area (Å²) in [4.78, 5) is 2.49. The first kappa shape index (κ1) is 14.9. The summed E-state index contributed by atoms with van der Waals surface area (Å²) in [5.74, 6) is 0.648. The summed E-state index contributed by atoms with van der Waals surface area (Å²) in [5.41, 5.74) is 2.55. The lowest BCUT2D eigenvalue weighted by Crippen LogP contribution is -2.47. The van der Waals surface area contributed by atoms with Gasteiger partial charge in [0.25, 0.3) is 0 Å². The van der Waals surface area contributed by atoms with Crippen LogP contribution in [-0.2, 0) is 6.54 Å². The molecule has 3 nitrogen and oxygen atoms in total. The van der Waals surface area contributed by atoms with Crippen molar-refractivity contribution in [1.29, 1.82) is 0 Å². The molecule has 0 aromatic heterocycles. The standard InChI is InChI=1S/C18H28N2O/c1-18(14-21,16-7-8-16)19-13-15-5-9-17(10-6-15)20-11-3-2-4-12-20/h5-6,9-10,16,19,21H,2-4,7-8,11-14H2,1H3. The highest BCUT2D eigenvalue weighted by atomic mass is 16.3. The lowest BCUT2D eigenvalue weighted by Gasteiger charge is -2.30. The molecular weight excluding hydrogens is 260 g/mol. The fraction of sp³-hybridized carbons (Fsp3) is 0.667. The Morgan fingerprint density at radius 2 is 1.81 bits per heavy atom. The van der Waals surface area contributed by atoms with Gasteiger partial charge in [-0.3, -0.25) is 0 Å². The Hall–Kier alpha value is -1.06. The van der Waals surface area contributed by atoms with Crippen LogP contribution in [0.15, 0.2) is 24.3 Å². The van der Waals surface area contributed by atoms with E-state index >= 15 is 0 Å². The molecule has 3 rings (SSSR count). The van der Waals surface area contributed by atoms with E-state index in [0.717, 1.165) is 6.54 Å². The fourth-order valence-electron chi connectivity index (χ4n) is 3.33. The molecule has 1 saturated heterocycles. The fourth-order valence-corrected chi connectivity index (χ4v) is 3.33. The third-order valence-electron chi connectivity index (χ3n) is 5.16. The molecule has 1 aromatic rings. The minimum Gasteiger partial charge on any atom is -0.394 e. The Morgan fingerprint density at radius 1 is 1.14 bits per heavy atom. The smallest absolute Gasteiger partial charge is 0.0613 e. The number of anilines is 1. The molecule has 2 fully saturated rings. The molecule has 0 radical (unpaired) electrons. The highest BCUT2D eigenvalue weighted by Crippen LogP contribution is 2.39. The highest BCUT2D eigenvalue weighted by molar-refractivity contribution is 5.47. The van der Waals surface area contributed by atoms with Gasteiger partial charge in [0.05, 0.1) is 6.61 Å². The number of aliphatic hydroxyl groups is 1. The van der Waals surface area contributed by atoms with E-state index in [2.05, 4.69) is 41.4 Å². The number of hydrogen-bond donors (Lipinski definition) is 2. The van der Waals surface area contributed by atoms with Crippen LogP contribution in [0.5, 0.6) is 0 Å². The van der Waals surface area contributed by atoms with Gasteiger partial charge in [-0.15, -0.1) is 0 Å². The average Bonchev–Trinajstić information content (AvgIpc) is 3.39. The van der Waals surface area contributed by atoms with Crippen LogP contribution in [-0.4, -0.2) is 30.3 Å². The van der Waals surface area contributed by atoms with E-state index in [-0.39, 0.29) is 12.1 Å². The van der Waals surface area contributed by atoms with E-state index in [9.17, 15) is 5.11 Å². The first-order valence-electron chi connectivity index (χ1n) is 8.41. The van der Waals surface area contributed by atoms with Crippen molar-refractivity contribution in [2.75, 3.05) is 24.6 Å². The molecule has 0 spiro atoms. The van der Waals surface area contributed by atoms with Crippen molar-refractivity contribution in [2.24, 2.45) is 5.92 Å². The molecule has 3 heteroatoms. The summed E-state index contributed by atoms with van der Waals surface area (Å²) in [6.45, 7) is 5.61. The topological polar surface area (TPSA) is 35.5 Å². The number of rotatable bonds is 6. The van der Waals surface area contributed by atoms with Gasteiger partial charge in [0.15, 0.2) is 0 Å². The summed E-state index contributed by atoms with van der Waals surface area (Å²) in [6, 6.07) is 8.94. The van der Waals surface area contributed by atoms with Gasteiger partial charge in [0.1, 0.15) is 0 Å². The monoisotopic (exact) mass is 288 g/mol. The van der Waals surface area contributed by atoms with Crippen molar-refractivity contribution in [2.45, 2.75) is 51.1 Å². The zero-order valence-corrected chi connectivity index (χ0v) is 13.1. The molecule has 1 atom stereocenters. The van der Waals surface area contributed by atoms with Crippen molar-refractivity contribution in [3.05, 3.63) is 29.8 Å². The molecule has 1 aromatic carbocycles. The summed E-state index contributed by atoms with van der Waals surface area (Å²) < 4.78 is 0. The van der Waals surface area contributed by atoms with E-state index in [1.165, 1.54) is 56.4 Å². The highest BCUT2D eigenvalue weighted by Gasteiger charge is 2.40. The van der Waals surface area contributed by atoms with Gasteiger partial charge in [-0.25, -0.2) is 0 Å². The molecule has 1 aliphatic heterocycles. The van der Waals surface area contributed by atoms with Crippen molar-refractivity contribution >= 4 is 5.69 Å². The molecule has 1 saturated carbocycles. The maximum absolute atomic E-state index is 9.62. The van der Waals surface area contributed by atoms with E-state index in [1.54, 1.807) is 0 Å². The van der Waals surface area contributed by atoms with Crippen molar-refractivity contribution in [1.82, 2.24) is 5.32 Å². The largest absolute Gasteiger partial charge is 0.394 e. The Bertz CT molecular complexity index is 449. The molecule has 1 unspecified atom stereocenters. The molecule has 1 heterocycles. The molecule has 2 N–H and O–H groups in total. The average molecular weight is 288 g/mol. The Balaban J connectivity index is 1.56. The molecule has 116 valence electrons. The van der Waals surface area contributed by atoms with Gasteiger partial charge < -0.3 is 15.3 Å². The number of hydrogen-bond acceptors (Lipinski definition) is 3. The molecule has 0 bridgehead atoms. The summed E-state index contributed by atoms with van der Waals surface area (Å²) in [7, 11) is 0. The predicted molar refractivity (Wildman–Crippen MR) is 87.6 cm³/mol. The van der Waals surface area contributed by atoms with Gasteiger partial charge >= 0.3 is 0 Å². The SMILES string of the molecule is CC(CO)(NCc1ccc(N2CCCCC2)cc1)C1CC1. The van der Waals surface area contributed by atoms with Gasteiger partial charge in [0, 0.05) is 30.9 Å². The quantitative estimate of drug-likeness (QED) is 0.845. The summed E-state index contributed by atoms with van der Waals surface area (Å²) in [5, 5.41) is 13.2. The third-order valence-corrected chi connectivity index (χ3v) is 5.16. The Labute approximate surface area is 128 Å². The number of piperidine rings is 1. The van der Waals surface area contributed by atoms with Crippen LogP contribution in [0, 0.1) is 5.92 Å².